The molecule has 0 saturated heterocycles. The summed E-state index contributed by atoms with van der Waals surface area (Å²) in [4.78, 5) is 28.6. The maximum absolute atomic E-state index is 13.0. The van der Waals surface area contributed by atoms with Crippen molar-refractivity contribution in [3.05, 3.63) is 34.3 Å². The van der Waals surface area contributed by atoms with Crippen LogP contribution in [0.2, 0.25) is 0 Å². The number of hydrogen-bond acceptors (Lipinski definition) is 2. The Labute approximate surface area is 147 Å². The molecule has 0 atom stereocenters. The molecular formula is C18H25BrN2O2. The van der Waals surface area contributed by atoms with E-state index in [9.17, 15) is 9.59 Å². The molecule has 2 rings (SSSR count). The van der Waals surface area contributed by atoms with Crippen LogP contribution in [0.1, 0.15) is 38.7 Å². The fourth-order valence-corrected chi connectivity index (χ4v) is 3.51. The highest BCUT2D eigenvalue weighted by Gasteiger charge is 2.47. The van der Waals surface area contributed by atoms with Crippen molar-refractivity contribution in [2.45, 2.75) is 38.5 Å². The highest BCUT2D eigenvalue weighted by atomic mass is 79.9. The smallest absolute Gasteiger partial charge is 0.242 e. The van der Waals surface area contributed by atoms with E-state index in [4.69, 9.17) is 0 Å². The van der Waals surface area contributed by atoms with Crippen molar-refractivity contribution >= 4 is 27.7 Å². The molecule has 0 N–H and O–H groups in total. The van der Waals surface area contributed by atoms with Crippen LogP contribution in [0.15, 0.2) is 28.7 Å². The summed E-state index contributed by atoms with van der Waals surface area (Å²) in [5, 5.41) is 0. The molecule has 1 aromatic rings. The van der Waals surface area contributed by atoms with Gasteiger partial charge in [-0.15, -0.1) is 0 Å². The van der Waals surface area contributed by atoms with E-state index in [1.54, 1.807) is 16.8 Å². The number of likely N-dealkylation sites (N-methyl/N-ethyl adjacent to an activating group) is 2. The Morgan fingerprint density at radius 3 is 2.13 bits per heavy atom. The molecule has 1 aliphatic rings. The number of halogens is 1. The van der Waals surface area contributed by atoms with E-state index >= 15 is 0 Å². The van der Waals surface area contributed by atoms with Crippen molar-refractivity contribution in [1.29, 1.82) is 0 Å². The van der Waals surface area contributed by atoms with Gasteiger partial charge < -0.3 is 9.80 Å². The van der Waals surface area contributed by atoms with Crippen LogP contribution in [-0.4, -0.2) is 48.3 Å². The second kappa shape index (κ2) is 7.47. The van der Waals surface area contributed by atoms with E-state index in [2.05, 4.69) is 15.9 Å². The van der Waals surface area contributed by atoms with Gasteiger partial charge in [-0.3, -0.25) is 9.59 Å². The Balaban J connectivity index is 2.13. The lowest BCUT2D eigenvalue weighted by Gasteiger charge is -2.43. The van der Waals surface area contributed by atoms with Gasteiger partial charge in [0.05, 0.1) is 12.0 Å². The van der Waals surface area contributed by atoms with E-state index in [0.717, 1.165) is 29.3 Å². The van der Waals surface area contributed by atoms with Crippen LogP contribution in [0.5, 0.6) is 0 Å². The lowest BCUT2D eigenvalue weighted by molar-refractivity contribution is -0.145. The second-order valence-corrected chi connectivity index (χ2v) is 7.09. The van der Waals surface area contributed by atoms with Crippen LogP contribution in [-0.2, 0) is 15.0 Å². The average Bonchev–Trinajstić information content (AvgIpc) is 2.49. The van der Waals surface area contributed by atoms with Crippen LogP contribution in [0, 0.1) is 0 Å². The van der Waals surface area contributed by atoms with Gasteiger partial charge in [0.15, 0.2) is 0 Å². The molecular weight excluding hydrogens is 356 g/mol. The van der Waals surface area contributed by atoms with E-state index in [1.165, 1.54) is 0 Å². The first kappa shape index (κ1) is 18.0. The molecule has 126 valence electrons. The molecule has 0 heterocycles. The van der Waals surface area contributed by atoms with Gasteiger partial charge in [-0.05, 0) is 44.4 Å². The van der Waals surface area contributed by atoms with Crippen molar-refractivity contribution in [3.8, 4) is 0 Å². The summed E-state index contributed by atoms with van der Waals surface area (Å²) >= 11 is 3.44. The number of hydrogen-bond donors (Lipinski definition) is 0. The first-order valence-corrected chi connectivity index (χ1v) is 9.03. The Morgan fingerprint density at radius 2 is 1.70 bits per heavy atom. The molecule has 1 aromatic carbocycles. The fraction of sp³-hybridized carbons (Fsp3) is 0.556. The quantitative estimate of drug-likeness (QED) is 0.760. The molecule has 0 unspecified atom stereocenters. The summed E-state index contributed by atoms with van der Waals surface area (Å²) in [5.74, 6) is 0.0720. The zero-order valence-corrected chi connectivity index (χ0v) is 15.7. The summed E-state index contributed by atoms with van der Waals surface area (Å²) in [5.41, 5.74) is 0.609. The summed E-state index contributed by atoms with van der Waals surface area (Å²) in [6.07, 6.45) is 2.77. The van der Waals surface area contributed by atoms with E-state index < -0.39 is 5.41 Å². The molecule has 1 aliphatic carbocycles. The SMILES string of the molecule is CCN(CC)C(=O)CN(C)C(=O)C1(c2ccc(Br)cc2)CCC1. The number of carbonyl (C=O) groups is 2. The minimum absolute atomic E-state index is 0.0103. The van der Waals surface area contributed by atoms with Crippen LogP contribution >= 0.6 is 15.9 Å². The van der Waals surface area contributed by atoms with E-state index in [1.807, 2.05) is 38.1 Å². The highest BCUT2D eigenvalue weighted by molar-refractivity contribution is 9.10. The predicted octanol–water partition coefficient (Wildman–Crippen LogP) is 3.20. The maximum Gasteiger partial charge on any atom is 0.242 e. The van der Waals surface area contributed by atoms with Gasteiger partial charge in [0.25, 0.3) is 0 Å². The van der Waals surface area contributed by atoms with Crippen molar-refractivity contribution in [3.63, 3.8) is 0 Å². The van der Waals surface area contributed by atoms with Crippen molar-refractivity contribution in [1.82, 2.24) is 9.80 Å². The first-order chi connectivity index (χ1) is 10.9. The van der Waals surface area contributed by atoms with Gasteiger partial charge in [-0.1, -0.05) is 34.5 Å². The highest BCUT2D eigenvalue weighted by Crippen LogP contribution is 2.45. The molecule has 2 amide bonds. The van der Waals surface area contributed by atoms with Gasteiger partial charge in [-0.2, -0.15) is 0 Å². The molecule has 0 radical (unpaired) electrons. The summed E-state index contributed by atoms with van der Waals surface area (Å²) < 4.78 is 1.01. The lowest BCUT2D eigenvalue weighted by atomic mass is 9.63. The van der Waals surface area contributed by atoms with Gasteiger partial charge >= 0.3 is 0 Å². The Morgan fingerprint density at radius 1 is 1.13 bits per heavy atom. The Hall–Kier alpha value is -1.36. The predicted molar refractivity (Wildman–Crippen MR) is 95.2 cm³/mol. The summed E-state index contributed by atoms with van der Waals surface area (Å²) in [6.45, 7) is 5.42. The van der Waals surface area contributed by atoms with Crippen LogP contribution < -0.4 is 0 Å². The zero-order valence-electron chi connectivity index (χ0n) is 14.1. The topological polar surface area (TPSA) is 40.6 Å². The minimum atomic E-state index is -0.445. The van der Waals surface area contributed by atoms with Crippen molar-refractivity contribution < 1.29 is 9.59 Å². The number of rotatable bonds is 6. The van der Waals surface area contributed by atoms with Gasteiger partial charge in [0.2, 0.25) is 11.8 Å². The Bertz CT molecular complexity index is 563. The van der Waals surface area contributed by atoms with Crippen LogP contribution in [0.3, 0.4) is 0 Å². The molecule has 4 nitrogen and oxygen atoms in total. The van der Waals surface area contributed by atoms with E-state index in [-0.39, 0.29) is 18.4 Å². The summed E-state index contributed by atoms with van der Waals surface area (Å²) in [6, 6.07) is 7.98. The van der Waals surface area contributed by atoms with Crippen LogP contribution in [0.25, 0.3) is 0 Å². The Kier molecular flexibility index (Phi) is 5.84. The number of nitrogens with zero attached hydrogens (tertiary/aromatic N) is 2. The van der Waals surface area contributed by atoms with Gasteiger partial charge in [0.1, 0.15) is 0 Å². The minimum Gasteiger partial charge on any atom is -0.342 e. The molecule has 0 bridgehead atoms. The fourth-order valence-electron chi connectivity index (χ4n) is 3.24. The third kappa shape index (κ3) is 3.60. The molecule has 0 spiro atoms. The number of carbonyl (C=O) groups excluding carboxylic acids is 2. The maximum atomic E-state index is 13.0. The average molecular weight is 381 g/mol. The third-order valence-corrected chi connectivity index (χ3v) is 5.38. The third-order valence-electron chi connectivity index (χ3n) is 4.85. The van der Waals surface area contributed by atoms with Gasteiger partial charge in [-0.25, -0.2) is 0 Å². The molecule has 1 saturated carbocycles. The first-order valence-electron chi connectivity index (χ1n) is 8.24. The number of amides is 2. The monoisotopic (exact) mass is 380 g/mol. The molecule has 23 heavy (non-hydrogen) atoms. The second-order valence-electron chi connectivity index (χ2n) is 6.17. The normalized spacial score (nSPS) is 15.7. The van der Waals surface area contributed by atoms with Crippen molar-refractivity contribution in [2.24, 2.45) is 0 Å². The largest absolute Gasteiger partial charge is 0.342 e. The number of benzene rings is 1. The van der Waals surface area contributed by atoms with Crippen molar-refractivity contribution in [2.75, 3.05) is 26.7 Å². The standard InChI is InChI=1S/C18H25BrN2O2/c1-4-21(5-2)16(22)13-20(3)17(23)18(11-6-12-18)14-7-9-15(19)10-8-14/h7-10H,4-6,11-13H2,1-3H3. The van der Waals surface area contributed by atoms with Gasteiger partial charge in [0, 0.05) is 24.6 Å². The molecule has 0 aromatic heterocycles. The molecule has 0 aliphatic heterocycles. The lowest BCUT2D eigenvalue weighted by Crippen LogP contribution is -2.52. The molecule has 5 heteroatoms. The zero-order chi connectivity index (χ0) is 17.0. The molecule has 1 fully saturated rings. The van der Waals surface area contributed by atoms with E-state index in [0.29, 0.717) is 13.1 Å². The summed E-state index contributed by atoms with van der Waals surface area (Å²) in [7, 11) is 1.74. The van der Waals surface area contributed by atoms with Crippen LogP contribution in [0.4, 0.5) is 0 Å².